The van der Waals surface area contributed by atoms with Crippen LogP contribution in [-0.4, -0.2) is 45.9 Å². The molecule has 2 aromatic carbocycles. The van der Waals surface area contributed by atoms with Gasteiger partial charge >= 0.3 is 0 Å². The minimum absolute atomic E-state index is 0.196. The fourth-order valence-corrected chi connectivity index (χ4v) is 2.69. The van der Waals surface area contributed by atoms with Gasteiger partial charge in [0.15, 0.2) is 5.69 Å². The quantitative estimate of drug-likeness (QED) is 0.635. The molecular formula is C20H23N5O. The van der Waals surface area contributed by atoms with Crippen LogP contribution < -0.4 is 5.32 Å². The number of amides is 1. The Morgan fingerprint density at radius 3 is 2.50 bits per heavy atom. The summed E-state index contributed by atoms with van der Waals surface area (Å²) in [5.74, 6) is -0.196. The van der Waals surface area contributed by atoms with Crippen molar-refractivity contribution in [1.82, 2.24) is 25.2 Å². The van der Waals surface area contributed by atoms with Crippen LogP contribution in [-0.2, 0) is 6.54 Å². The number of hydrogen-bond donors (Lipinski definition) is 1. The summed E-state index contributed by atoms with van der Waals surface area (Å²) in [5.41, 5.74) is 2.49. The van der Waals surface area contributed by atoms with Gasteiger partial charge < -0.3 is 10.2 Å². The molecule has 6 nitrogen and oxygen atoms in total. The van der Waals surface area contributed by atoms with Crippen molar-refractivity contribution in [2.75, 3.05) is 20.1 Å². The van der Waals surface area contributed by atoms with Crippen molar-refractivity contribution >= 4 is 5.91 Å². The maximum Gasteiger partial charge on any atom is 0.273 e. The first-order valence-electron chi connectivity index (χ1n) is 8.71. The summed E-state index contributed by atoms with van der Waals surface area (Å²) in [6.45, 7) is 2.42. The number of carbonyl (C=O) groups excluding carboxylic acids is 1. The van der Waals surface area contributed by atoms with Crippen molar-refractivity contribution in [1.29, 1.82) is 0 Å². The van der Waals surface area contributed by atoms with Crippen molar-refractivity contribution in [3.8, 4) is 5.69 Å². The number of nitrogens with zero attached hydrogens (tertiary/aromatic N) is 4. The number of para-hydroxylation sites is 1. The molecule has 0 unspecified atom stereocenters. The molecule has 0 saturated heterocycles. The van der Waals surface area contributed by atoms with Crippen LogP contribution in [0, 0.1) is 0 Å². The van der Waals surface area contributed by atoms with E-state index in [1.165, 1.54) is 5.56 Å². The molecule has 134 valence electrons. The summed E-state index contributed by atoms with van der Waals surface area (Å²) in [5, 5.41) is 10.9. The van der Waals surface area contributed by atoms with E-state index in [1.54, 1.807) is 10.9 Å². The molecular weight excluding hydrogens is 326 g/mol. The number of carbonyl (C=O) groups is 1. The third-order valence-corrected chi connectivity index (χ3v) is 4.04. The zero-order valence-corrected chi connectivity index (χ0v) is 14.9. The van der Waals surface area contributed by atoms with E-state index in [0.717, 1.165) is 25.2 Å². The smallest absolute Gasteiger partial charge is 0.273 e. The van der Waals surface area contributed by atoms with Gasteiger partial charge in [0.2, 0.25) is 0 Å². The molecule has 0 spiro atoms. The van der Waals surface area contributed by atoms with Gasteiger partial charge in [-0.1, -0.05) is 53.7 Å². The fourth-order valence-electron chi connectivity index (χ4n) is 2.69. The normalized spacial score (nSPS) is 10.8. The van der Waals surface area contributed by atoms with Gasteiger partial charge in [0.1, 0.15) is 0 Å². The summed E-state index contributed by atoms with van der Waals surface area (Å²) in [6.07, 6.45) is 2.52. The van der Waals surface area contributed by atoms with E-state index in [1.807, 2.05) is 48.5 Å². The maximum atomic E-state index is 12.2. The van der Waals surface area contributed by atoms with Crippen molar-refractivity contribution in [2.45, 2.75) is 13.0 Å². The minimum atomic E-state index is -0.196. The lowest BCUT2D eigenvalue weighted by Gasteiger charge is -2.16. The molecule has 1 N–H and O–H groups in total. The molecule has 3 rings (SSSR count). The molecule has 0 aliphatic heterocycles. The van der Waals surface area contributed by atoms with Crippen molar-refractivity contribution in [3.63, 3.8) is 0 Å². The number of hydrogen-bond acceptors (Lipinski definition) is 4. The molecule has 0 aliphatic carbocycles. The van der Waals surface area contributed by atoms with E-state index in [0.29, 0.717) is 12.2 Å². The monoisotopic (exact) mass is 349 g/mol. The van der Waals surface area contributed by atoms with Crippen LogP contribution in [0.3, 0.4) is 0 Å². The molecule has 1 heterocycles. The van der Waals surface area contributed by atoms with Gasteiger partial charge in [-0.25, -0.2) is 4.68 Å². The molecule has 0 atom stereocenters. The maximum absolute atomic E-state index is 12.2. The van der Waals surface area contributed by atoms with Crippen LogP contribution in [0.25, 0.3) is 5.69 Å². The summed E-state index contributed by atoms with van der Waals surface area (Å²) in [6, 6.07) is 20.0. The highest BCUT2D eigenvalue weighted by molar-refractivity contribution is 5.91. The second-order valence-corrected chi connectivity index (χ2v) is 6.22. The average molecular weight is 349 g/mol. The molecule has 0 saturated carbocycles. The van der Waals surface area contributed by atoms with Crippen LogP contribution in [0.4, 0.5) is 0 Å². The van der Waals surface area contributed by atoms with E-state index in [-0.39, 0.29) is 5.91 Å². The first kappa shape index (κ1) is 17.8. The lowest BCUT2D eigenvalue weighted by atomic mass is 10.2. The number of rotatable bonds is 8. The molecule has 3 aromatic rings. The summed E-state index contributed by atoms with van der Waals surface area (Å²) in [7, 11) is 2.08. The van der Waals surface area contributed by atoms with E-state index >= 15 is 0 Å². The van der Waals surface area contributed by atoms with Gasteiger partial charge in [0, 0.05) is 13.1 Å². The Labute approximate surface area is 153 Å². The van der Waals surface area contributed by atoms with E-state index < -0.39 is 0 Å². The lowest BCUT2D eigenvalue weighted by Crippen LogP contribution is -2.28. The van der Waals surface area contributed by atoms with Crippen LogP contribution in [0.15, 0.2) is 66.9 Å². The Balaban J connectivity index is 1.41. The second kappa shape index (κ2) is 8.92. The Morgan fingerprint density at radius 2 is 1.77 bits per heavy atom. The lowest BCUT2D eigenvalue weighted by molar-refractivity contribution is 0.0947. The average Bonchev–Trinajstić information content (AvgIpc) is 3.17. The summed E-state index contributed by atoms with van der Waals surface area (Å²) < 4.78 is 1.60. The molecule has 6 heteroatoms. The molecule has 0 aliphatic rings. The molecule has 1 aromatic heterocycles. The van der Waals surface area contributed by atoms with E-state index in [4.69, 9.17) is 0 Å². The first-order valence-corrected chi connectivity index (χ1v) is 8.71. The van der Waals surface area contributed by atoms with Gasteiger partial charge in [-0.15, -0.1) is 5.10 Å². The summed E-state index contributed by atoms with van der Waals surface area (Å²) >= 11 is 0. The van der Waals surface area contributed by atoms with Crippen molar-refractivity contribution in [2.24, 2.45) is 0 Å². The van der Waals surface area contributed by atoms with Crippen LogP contribution >= 0.6 is 0 Å². The highest BCUT2D eigenvalue weighted by Gasteiger charge is 2.11. The minimum Gasteiger partial charge on any atom is -0.351 e. The van der Waals surface area contributed by atoms with E-state index in [9.17, 15) is 4.79 Å². The van der Waals surface area contributed by atoms with Crippen LogP contribution in [0.2, 0.25) is 0 Å². The standard InChI is InChI=1S/C20H23N5O/c1-24(15-17-9-4-2-5-10-17)14-8-13-21-20(26)19-16-25(23-22-19)18-11-6-3-7-12-18/h2-7,9-12,16H,8,13-15H2,1H3,(H,21,26). The van der Waals surface area contributed by atoms with Gasteiger partial charge in [-0.3, -0.25) is 4.79 Å². The third-order valence-electron chi connectivity index (χ3n) is 4.04. The first-order chi connectivity index (χ1) is 12.7. The van der Waals surface area contributed by atoms with E-state index in [2.05, 4.69) is 39.7 Å². The Kier molecular flexibility index (Phi) is 6.11. The second-order valence-electron chi connectivity index (χ2n) is 6.22. The Bertz CT molecular complexity index is 816. The molecule has 0 bridgehead atoms. The molecule has 26 heavy (non-hydrogen) atoms. The van der Waals surface area contributed by atoms with Crippen molar-refractivity contribution < 1.29 is 4.79 Å². The molecule has 1 amide bonds. The van der Waals surface area contributed by atoms with Crippen molar-refractivity contribution in [3.05, 3.63) is 78.1 Å². The van der Waals surface area contributed by atoms with Gasteiger partial charge in [-0.05, 0) is 37.7 Å². The molecule has 0 radical (unpaired) electrons. The van der Waals surface area contributed by atoms with Crippen LogP contribution in [0.1, 0.15) is 22.5 Å². The van der Waals surface area contributed by atoms with Gasteiger partial charge in [0.05, 0.1) is 11.9 Å². The Morgan fingerprint density at radius 1 is 1.08 bits per heavy atom. The number of aromatic nitrogens is 3. The van der Waals surface area contributed by atoms with Gasteiger partial charge in [-0.2, -0.15) is 0 Å². The van der Waals surface area contributed by atoms with Crippen LogP contribution in [0.5, 0.6) is 0 Å². The predicted molar refractivity (Wildman–Crippen MR) is 101 cm³/mol. The predicted octanol–water partition coefficient (Wildman–Crippen LogP) is 2.52. The van der Waals surface area contributed by atoms with Gasteiger partial charge in [0.25, 0.3) is 5.91 Å². The SMILES string of the molecule is CN(CCCNC(=O)c1cn(-c2ccccc2)nn1)Cc1ccccc1. The number of benzene rings is 2. The third kappa shape index (κ3) is 5.00. The zero-order valence-electron chi connectivity index (χ0n) is 14.9. The Hall–Kier alpha value is -2.99. The topological polar surface area (TPSA) is 63.1 Å². The fraction of sp³-hybridized carbons (Fsp3) is 0.250. The summed E-state index contributed by atoms with van der Waals surface area (Å²) in [4.78, 5) is 14.4. The highest BCUT2D eigenvalue weighted by Crippen LogP contribution is 2.06. The molecule has 0 fully saturated rings. The number of nitrogens with one attached hydrogen (secondary N) is 1. The highest BCUT2D eigenvalue weighted by atomic mass is 16.2. The largest absolute Gasteiger partial charge is 0.351 e. The zero-order chi connectivity index (χ0) is 18.2.